The number of nitrogens with zero attached hydrogens (tertiary/aromatic N) is 1. The molecule has 0 atom stereocenters. The molecule has 1 heterocycles. The minimum atomic E-state index is -3.70. The lowest BCUT2D eigenvalue weighted by Gasteiger charge is -2.20. The molecule has 0 aliphatic carbocycles. The number of hydrogen-bond acceptors (Lipinski definition) is 6. The second-order valence-electron chi connectivity index (χ2n) is 6.96. The Morgan fingerprint density at radius 1 is 0.969 bits per heavy atom. The van der Waals surface area contributed by atoms with E-state index >= 15 is 0 Å². The average Bonchev–Trinajstić information content (AvgIpc) is 3.22. The molecule has 32 heavy (non-hydrogen) atoms. The number of carbonyl (C=O) groups excluding carboxylic acids is 2. The third kappa shape index (κ3) is 5.27. The summed E-state index contributed by atoms with van der Waals surface area (Å²) >= 11 is 0. The van der Waals surface area contributed by atoms with E-state index in [-0.39, 0.29) is 11.5 Å². The van der Waals surface area contributed by atoms with Crippen LogP contribution < -0.4 is 19.9 Å². The molecular formula is C22H23N3O6S. The van der Waals surface area contributed by atoms with Gasteiger partial charge < -0.3 is 9.15 Å². The molecule has 0 bridgehead atoms. The van der Waals surface area contributed by atoms with Gasteiger partial charge in [-0.25, -0.2) is 8.42 Å². The molecule has 0 saturated heterocycles. The zero-order chi connectivity index (χ0) is 23.3. The molecule has 2 N–H and O–H groups in total. The quantitative estimate of drug-likeness (QED) is 0.527. The van der Waals surface area contributed by atoms with Crippen molar-refractivity contribution in [1.29, 1.82) is 0 Å². The number of hydrazine groups is 1. The standard InChI is InChI=1S/C22H23N3O6S/c1-15-4-10-19(11-5-15)32(28,29)25(3)17-6-8-18(9-7-17)31-14-21(26)23-24-22(27)20-12-13-30-16(20)2/h4-13H,14H2,1-3H3,(H,23,26)(H,24,27). The van der Waals surface area contributed by atoms with Crippen LogP contribution in [0.25, 0.3) is 0 Å². The summed E-state index contributed by atoms with van der Waals surface area (Å²) in [5.74, 6) is -0.279. The molecule has 168 valence electrons. The average molecular weight is 458 g/mol. The molecule has 0 aliphatic rings. The van der Waals surface area contributed by atoms with E-state index in [9.17, 15) is 18.0 Å². The summed E-state index contributed by atoms with van der Waals surface area (Å²) in [4.78, 5) is 24.0. The lowest BCUT2D eigenvalue weighted by atomic mass is 10.2. The second-order valence-corrected chi connectivity index (χ2v) is 8.93. The number of anilines is 1. The molecule has 0 fully saturated rings. The van der Waals surface area contributed by atoms with Crippen LogP contribution in [-0.2, 0) is 14.8 Å². The summed E-state index contributed by atoms with van der Waals surface area (Å²) in [6.45, 7) is 3.17. The summed E-state index contributed by atoms with van der Waals surface area (Å²) in [5, 5.41) is 0. The molecule has 1 aromatic heterocycles. The van der Waals surface area contributed by atoms with Crippen LogP contribution >= 0.6 is 0 Å². The topological polar surface area (TPSA) is 118 Å². The summed E-state index contributed by atoms with van der Waals surface area (Å²) in [6.07, 6.45) is 1.38. The van der Waals surface area contributed by atoms with Gasteiger partial charge in [-0.2, -0.15) is 0 Å². The van der Waals surface area contributed by atoms with E-state index in [2.05, 4.69) is 10.9 Å². The Labute approximate surface area is 186 Å². The molecule has 2 aromatic carbocycles. The molecule has 3 aromatic rings. The van der Waals surface area contributed by atoms with Crippen LogP contribution in [0.1, 0.15) is 21.7 Å². The smallest absolute Gasteiger partial charge is 0.276 e. The molecule has 0 spiro atoms. The van der Waals surface area contributed by atoms with E-state index in [1.54, 1.807) is 55.5 Å². The van der Waals surface area contributed by atoms with Gasteiger partial charge in [-0.05, 0) is 56.3 Å². The maximum absolute atomic E-state index is 12.8. The van der Waals surface area contributed by atoms with Crippen molar-refractivity contribution in [3.05, 3.63) is 77.7 Å². The molecule has 0 saturated carbocycles. The predicted molar refractivity (Wildman–Crippen MR) is 118 cm³/mol. The molecule has 0 unspecified atom stereocenters. The SMILES string of the molecule is Cc1ccc(S(=O)(=O)N(C)c2ccc(OCC(=O)NNC(=O)c3ccoc3C)cc2)cc1. The van der Waals surface area contributed by atoms with Crippen LogP contribution in [0.4, 0.5) is 5.69 Å². The fourth-order valence-electron chi connectivity index (χ4n) is 2.76. The number of benzene rings is 2. The number of hydrogen-bond donors (Lipinski definition) is 2. The third-order valence-electron chi connectivity index (χ3n) is 4.67. The molecule has 10 heteroatoms. The normalized spacial score (nSPS) is 11.0. The molecule has 2 amide bonds. The van der Waals surface area contributed by atoms with Crippen LogP contribution in [-0.4, -0.2) is 33.9 Å². The molecule has 0 aliphatic heterocycles. The minimum Gasteiger partial charge on any atom is -0.484 e. The van der Waals surface area contributed by atoms with Gasteiger partial charge in [0, 0.05) is 7.05 Å². The number of sulfonamides is 1. The Bertz CT molecular complexity index is 1200. The van der Waals surface area contributed by atoms with E-state index in [4.69, 9.17) is 9.15 Å². The highest BCUT2D eigenvalue weighted by Crippen LogP contribution is 2.24. The van der Waals surface area contributed by atoms with Gasteiger partial charge in [-0.1, -0.05) is 17.7 Å². The lowest BCUT2D eigenvalue weighted by molar-refractivity contribution is -0.123. The summed E-state index contributed by atoms with van der Waals surface area (Å²) in [5.41, 5.74) is 6.23. The van der Waals surface area contributed by atoms with Crippen molar-refractivity contribution in [2.75, 3.05) is 18.0 Å². The van der Waals surface area contributed by atoms with Gasteiger partial charge in [0.1, 0.15) is 11.5 Å². The Morgan fingerprint density at radius 2 is 1.62 bits per heavy atom. The van der Waals surface area contributed by atoms with Gasteiger partial charge in [0.25, 0.3) is 21.8 Å². The van der Waals surface area contributed by atoms with Gasteiger partial charge in [0.05, 0.1) is 22.4 Å². The van der Waals surface area contributed by atoms with Crippen molar-refractivity contribution in [2.24, 2.45) is 0 Å². The Hall–Kier alpha value is -3.79. The van der Waals surface area contributed by atoms with Crippen LogP contribution in [0.3, 0.4) is 0 Å². The first kappa shape index (κ1) is 22.9. The minimum absolute atomic E-state index is 0.190. The predicted octanol–water partition coefficient (Wildman–Crippen LogP) is 2.56. The number of rotatable bonds is 7. The van der Waals surface area contributed by atoms with Crippen molar-refractivity contribution in [3.8, 4) is 5.75 Å². The largest absolute Gasteiger partial charge is 0.484 e. The van der Waals surface area contributed by atoms with E-state index < -0.39 is 21.8 Å². The van der Waals surface area contributed by atoms with Gasteiger partial charge in [-0.3, -0.25) is 24.7 Å². The first-order valence-corrected chi connectivity index (χ1v) is 11.0. The van der Waals surface area contributed by atoms with Crippen molar-refractivity contribution < 1.29 is 27.2 Å². The maximum atomic E-state index is 12.8. The molecule has 3 rings (SSSR count). The van der Waals surface area contributed by atoms with Crippen molar-refractivity contribution in [1.82, 2.24) is 10.9 Å². The van der Waals surface area contributed by atoms with Gasteiger partial charge in [0.15, 0.2) is 6.61 Å². The van der Waals surface area contributed by atoms with Gasteiger partial charge in [-0.15, -0.1) is 0 Å². The van der Waals surface area contributed by atoms with Crippen LogP contribution in [0.2, 0.25) is 0 Å². The number of amides is 2. The first-order valence-electron chi connectivity index (χ1n) is 9.60. The van der Waals surface area contributed by atoms with Gasteiger partial charge in [0.2, 0.25) is 0 Å². The Balaban J connectivity index is 1.54. The number of nitrogens with one attached hydrogen (secondary N) is 2. The van der Waals surface area contributed by atoms with Crippen molar-refractivity contribution in [2.45, 2.75) is 18.7 Å². The fourth-order valence-corrected chi connectivity index (χ4v) is 3.95. The zero-order valence-corrected chi connectivity index (χ0v) is 18.6. The summed E-state index contributed by atoms with van der Waals surface area (Å²) in [6, 6.07) is 14.3. The highest BCUT2D eigenvalue weighted by molar-refractivity contribution is 7.92. The lowest BCUT2D eigenvalue weighted by Crippen LogP contribution is -2.43. The monoisotopic (exact) mass is 457 g/mol. The number of furan rings is 1. The molecule has 0 radical (unpaired) electrons. The number of aryl methyl sites for hydroxylation is 2. The first-order chi connectivity index (χ1) is 15.2. The zero-order valence-electron chi connectivity index (χ0n) is 17.8. The van der Waals surface area contributed by atoms with E-state index in [1.165, 1.54) is 23.7 Å². The highest BCUT2D eigenvalue weighted by atomic mass is 32.2. The van der Waals surface area contributed by atoms with Crippen molar-refractivity contribution in [3.63, 3.8) is 0 Å². The second kappa shape index (κ2) is 9.56. The summed E-state index contributed by atoms with van der Waals surface area (Å²) in [7, 11) is -2.24. The van der Waals surface area contributed by atoms with Crippen LogP contribution in [0.5, 0.6) is 5.75 Å². The fraction of sp³-hybridized carbons (Fsp3) is 0.182. The number of carbonyl (C=O) groups is 2. The van der Waals surface area contributed by atoms with Crippen molar-refractivity contribution >= 4 is 27.5 Å². The van der Waals surface area contributed by atoms with Gasteiger partial charge >= 0.3 is 0 Å². The van der Waals surface area contributed by atoms with Crippen LogP contribution in [0.15, 0.2) is 70.2 Å². The Kier molecular flexibility index (Phi) is 6.84. The van der Waals surface area contributed by atoms with E-state index in [0.717, 1.165) is 5.56 Å². The van der Waals surface area contributed by atoms with E-state index in [0.29, 0.717) is 22.8 Å². The van der Waals surface area contributed by atoms with Crippen LogP contribution in [0, 0.1) is 13.8 Å². The third-order valence-corrected chi connectivity index (χ3v) is 6.47. The maximum Gasteiger partial charge on any atom is 0.276 e. The summed E-state index contributed by atoms with van der Waals surface area (Å²) < 4.78 is 37.1. The van der Waals surface area contributed by atoms with E-state index in [1.807, 2.05) is 6.92 Å². The molecular weight excluding hydrogens is 434 g/mol. The number of ether oxygens (including phenoxy) is 1. The highest BCUT2D eigenvalue weighted by Gasteiger charge is 2.21. The molecule has 9 nitrogen and oxygen atoms in total. The Morgan fingerprint density at radius 3 is 2.22 bits per heavy atom.